The van der Waals surface area contributed by atoms with Crippen LogP contribution in [0.25, 0.3) is 5.70 Å². The van der Waals surface area contributed by atoms with Gasteiger partial charge in [0.1, 0.15) is 11.6 Å². The van der Waals surface area contributed by atoms with Gasteiger partial charge >= 0.3 is 6.18 Å². The largest absolute Gasteiger partial charge is 0.416 e. The van der Waals surface area contributed by atoms with Crippen LogP contribution in [0.4, 0.5) is 27.8 Å². The van der Waals surface area contributed by atoms with Crippen molar-refractivity contribution in [2.45, 2.75) is 63.5 Å². The van der Waals surface area contributed by atoms with Crippen molar-refractivity contribution in [2.75, 3.05) is 18.5 Å². The molecule has 1 saturated heterocycles. The van der Waals surface area contributed by atoms with Gasteiger partial charge in [0.15, 0.2) is 6.29 Å². The Labute approximate surface area is 210 Å². The minimum atomic E-state index is -4.52. The van der Waals surface area contributed by atoms with Crippen LogP contribution in [-0.2, 0) is 26.9 Å². The third kappa shape index (κ3) is 6.80. The van der Waals surface area contributed by atoms with Gasteiger partial charge in [0, 0.05) is 24.6 Å². The van der Waals surface area contributed by atoms with Crippen LogP contribution >= 0.6 is 0 Å². The van der Waals surface area contributed by atoms with E-state index < -0.39 is 29.9 Å². The topological polar surface area (TPSA) is 85.4 Å². The summed E-state index contributed by atoms with van der Waals surface area (Å²) in [5.41, 5.74) is 0.118. The van der Waals surface area contributed by atoms with E-state index in [9.17, 15) is 26.7 Å². The molecule has 0 atom stereocenters. The third-order valence-electron chi connectivity index (χ3n) is 6.21. The monoisotopic (exact) mass is 526 g/mol. The number of nitrogens with zero attached hydrogens (tertiary/aromatic N) is 2. The normalized spacial score (nSPS) is 18.5. The molecule has 12 heteroatoms. The van der Waals surface area contributed by atoms with Crippen molar-refractivity contribution < 1.29 is 36.2 Å². The molecule has 4 rings (SSSR count). The number of carbonyl (C=O) groups is 1. The van der Waals surface area contributed by atoms with Crippen LogP contribution in [0.1, 0.15) is 60.2 Å². The average molecular weight is 527 g/mol. The zero-order valence-corrected chi connectivity index (χ0v) is 20.1. The van der Waals surface area contributed by atoms with Crippen molar-refractivity contribution >= 4 is 17.4 Å². The van der Waals surface area contributed by atoms with Crippen LogP contribution in [-0.4, -0.2) is 41.1 Å². The Bertz CT molecular complexity index is 1160. The molecule has 0 unspecified atom stereocenters. The number of hydrogen-bond acceptors (Lipinski definition) is 6. The minimum Gasteiger partial charge on any atom is -0.353 e. The molecule has 2 fully saturated rings. The molecule has 1 aliphatic heterocycles. The maximum atomic E-state index is 13.5. The molecule has 1 aromatic carbocycles. The summed E-state index contributed by atoms with van der Waals surface area (Å²) in [5, 5.41) is 5.73. The molecule has 1 aliphatic carbocycles. The molecule has 0 spiro atoms. The summed E-state index contributed by atoms with van der Waals surface area (Å²) in [6.45, 7) is 6.03. The first-order valence-corrected chi connectivity index (χ1v) is 11.8. The summed E-state index contributed by atoms with van der Waals surface area (Å²) in [5.74, 6) is -2.64. The fourth-order valence-corrected chi connectivity index (χ4v) is 4.36. The number of carbonyl (C=O) groups excluding carboxylic acids is 1. The highest BCUT2D eigenvalue weighted by Gasteiger charge is 2.36. The average Bonchev–Trinajstić information content (AvgIpc) is 3.34. The number of ether oxygens (including phenoxy) is 2. The van der Waals surface area contributed by atoms with E-state index in [1.54, 1.807) is 6.92 Å². The summed E-state index contributed by atoms with van der Waals surface area (Å²) < 4.78 is 77.7. The molecule has 7 nitrogen and oxygen atoms in total. The second kappa shape index (κ2) is 10.7. The van der Waals surface area contributed by atoms with Gasteiger partial charge in [-0.2, -0.15) is 13.2 Å². The fourth-order valence-electron chi connectivity index (χ4n) is 4.36. The number of alkyl halides is 5. The molecule has 1 saturated carbocycles. The van der Waals surface area contributed by atoms with Gasteiger partial charge in [-0.1, -0.05) is 18.7 Å². The van der Waals surface area contributed by atoms with Gasteiger partial charge in [0.25, 0.3) is 0 Å². The third-order valence-corrected chi connectivity index (χ3v) is 6.21. The van der Waals surface area contributed by atoms with Crippen molar-refractivity contribution in [1.82, 2.24) is 15.3 Å². The number of rotatable bonds is 7. The molecule has 2 N–H and O–H groups in total. The molecule has 200 valence electrons. The summed E-state index contributed by atoms with van der Waals surface area (Å²) >= 11 is 0. The lowest BCUT2D eigenvalue weighted by molar-refractivity contribution is -0.137. The Morgan fingerprint density at radius 1 is 1.16 bits per heavy atom. The Hall–Kier alpha value is -3.12. The maximum absolute atomic E-state index is 13.5. The molecule has 1 aromatic heterocycles. The summed E-state index contributed by atoms with van der Waals surface area (Å²) in [6.07, 6.45) is -5.85. The maximum Gasteiger partial charge on any atom is 0.416 e. The lowest BCUT2D eigenvalue weighted by Gasteiger charge is -2.29. The Morgan fingerprint density at radius 3 is 2.49 bits per heavy atom. The molecule has 0 radical (unpaired) electrons. The zero-order valence-electron chi connectivity index (χ0n) is 20.1. The van der Waals surface area contributed by atoms with Crippen LogP contribution in [0.3, 0.4) is 0 Å². The van der Waals surface area contributed by atoms with E-state index in [0.29, 0.717) is 11.4 Å². The molecular weight excluding hydrogens is 499 g/mol. The quantitative estimate of drug-likeness (QED) is 0.485. The highest BCUT2D eigenvalue weighted by molar-refractivity contribution is 5.80. The number of benzene rings is 1. The molecule has 37 heavy (non-hydrogen) atoms. The first-order chi connectivity index (χ1) is 17.4. The first kappa shape index (κ1) is 26.9. The SMILES string of the molecule is C=C(Nc1nc(C)nc(CC(=O)NC2CCC(F)(F)CC2)c1C1OCCO1)c1cccc(C(F)(F)F)c1. The predicted octanol–water partition coefficient (Wildman–Crippen LogP) is 5.17. The van der Waals surface area contributed by atoms with E-state index in [4.69, 9.17) is 9.47 Å². The minimum absolute atomic E-state index is 0.141. The van der Waals surface area contributed by atoms with Gasteiger partial charge in [0.05, 0.1) is 36.5 Å². The zero-order chi connectivity index (χ0) is 26.8. The van der Waals surface area contributed by atoms with Crippen molar-refractivity contribution in [3.8, 4) is 0 Å². The number of aryl methyl sites for hydroxylation is 1. The van der Waals surface area contributed by atoms with Crippen LogP contribution < -0.4 is 10.6 Å². The highest BCUT2D eigenvalue weighted by atomic mass is 19.4. The number of nitrogens with one attached hydrogen (secondary N) is 2. The van der Waals surface area contributed by atoms with Crippen molar-refractivity contribution in [1.29, 1.82) is 0 Å². The van der Waals surface area contributed by atoms with Gasteiger partial charge in [0.2, 0.25) is 11.8 Å². The number of halogens is 5. The van der Waals surface area contributed by atoms with Crippen molar-refractivity contribution in [3.63, 3.8) is 0 Å². The molecule has 2 aromatic rings. The van der Waals surface area contributed by atoms with Gasteiger partial charge in [-0.15, -0.1) is 0 Å². The van der Waals surface area contributed by atoms with E-state index in [0.717, 1.165) is 12.1 Å². The van der Waals surface area contributed by atoms with Gasteiger partial charge in [-0.3, -0.25) is 4.79 Å². The van der Waals surface area contributed by atoms with Crippen molar-refractivity contribution in [2.24, 2.45) is 0 Å². The van der Waals surface area contributed by atoms with Crippen LogP contribution in [0.2, 0.25) is 0 Å². The van der Waals surface area contributed by atoms with Crippen LogP contribution in [0.5, 0.6) is 0 Å². The summed E-state index contributed by atoms with van der Waals surface area (Å²) in [6, 6.07) is 4.31. The number of aromatic nitrogens is 2. The van der Waals surface area contributed by atoms with Gasteiger partial charge in [-0.25, -0.2) is 18.7 Å². The Balaban J connectivity index is 1.57. The second-order valence-electron chi connectivity index (χ2n) is 9.11. The number of hydrogen-bond donors (Lipinski definition) is 2. The summed E-state index contributed by atoms with van der Waals surface area (Å²) in [7, 11) is 0. The Morgan fingerprint density at radius 2 is 1.84 bits per heavy atom. The van der Waals surface area contributed by atoms with E-state index >= 15 is 0 Å². The smallest absolute Gasteiger partial charge is 0.353 e. The molecule has 2 heterocycles. The van der Waals surface area contributed by atoms with Gasteiger partial charge in [-0.05, 0) is 37.5 Å². The predicted molar refractivity (Wildman–Crippen MR) is 125 cm³/mol. The van der Waals surface area contributed by atoms with E-state index in [1.807, 2.05) is 0 Å². The number of amides is 1. The van der Waals surface area contributed by atoms with E-state index in [-0.39, 0.29) is 74.1 Å². The first-order valence-electron chi connectivity index (χ1n) is 11.8. The van der Waals surface area contributed by atoms with Crippen molar-refractivity contribution in [3.05, 3.63) is 59.1 Å². The highest BCUT2D eigenvalue weighted by Crippen LogP contribution is 2.35. The second-order valence-corrected chi connectivity index (χ2v) is 9.11. The lowest BCUT2D eigenvalue weighted by atomic mass is 9.92. The van der Waals surface area contributed by atoms with Crippen LogP contribution in [0, 0.1) is 6.92 Å². The van der Waals surface area contributed by atoms with Gasteiger partial charge < -0.3 is 20.1 Å². The lowest BCUT2D eigenvalue weighted by Crippen LogP contribution is -2.41. The van der Waals surface area contributed by atoms with Crippen LogP contribution in [0.15, 0.2) is 30.8 Å². The molecule has 0 bridgehead atoms. The fraction of sp³-hybridized carbons (Fsp3) is 0.480. The standard InChI is InChI=1S/C25H27F5N4O3/c1-14(16-4-3-5-17(12-16)25(28,29)30)31-22-21(23-36-10-11-37-23)19(32-15(2)33-22)13-20(35)34-18-6-8-24(26,27)9-7-18/h3-5,12,18,23H,1,6-11,13H2,2H3,(H,34,35)(H,31,32,33). The van der Waals surface area contributed by atoms with E-state index in [1.165, 1.54) is 12.1 Å². The van der Waals surface area contributed by atoms with E-state index in [2.05, 4.69) is 27.2 Å². The number of anilines is 1. The molecule has 2 aliphatic rings. The summed E-state index contributed by atoms with van der Waals surface area (Å²) in [4.78, 5) is 21.6. The molecular formula is C25H27F5N4O3. The Kier molecular flexibility index (Phi) is 7.79. The molecule has 1 amide bonds.